The Balaban J connectivity index is 0.000000511. The lowest BCUT2D eigenvalue weighted by atomic mass is 9.94. The number of primary amides is 1. The van der Waals surface area contributed by atoms with Crippen molar-refractivity contribution in [3.8, 4) is 12.8 Å². The number of terminal acetylenes is 1. The van der Waals surface area contributed by atoms with Crippen LogP contribution in [0.25, 0.3) is 0 Å². The van der Waals surface area contributed by atoms with Crippen molar-refractivity contribution in [3.63, 3.8) is 0 Å². The summed E-state index contributed by atoms with van der Waals surface area (Å²) in [5.74, 6) is 1.32. The fraction of sp³-hybridized carbons (Fsp3) is 0.345. The first-order chi connectivity index (χ1) is 15.5. The maximum Gasteiger partial charge on any atom is 0.228 e. The molecule has 0 fully saturated rings. The number of hydrogen-bond donors (Lipinski definition) is 1. The molecule has 0 aromatic heterocycles. The number of rotatable bonds is 3. The average molecular weight is 513 g/mol. The summed E-state index contributed by atoms with van der Waals surface area (Å²) >= 11 is 3.08. The van der Waals surface area contributed by atoms with Gasteiger partial charge >= 0.3 is 0 Å². The van der Waals surface area contributed by atoms with Crippen LogP contribution in [0.5, 0.6) is 0 Å². The molecule has 3 rings (SSSR count). The predicted octanol–water partition coefficient (Wildman–Crippen LogP) is 7.79. The molecule has 2 aromatic rings. The van der Waals surface area contributed by atoms with Crippen LogP contribution in [0.3, 0.4) is 0 Å². The normalized spacial score (nSPS) is 13.8. The van der Waals surface area contributed by atoms with Gasteiger partial charge in [0.25, 0.3) is 0 Å². The topological polar surface area (TPSA) is 52.3 Å². The van der Waals surface area contributed by atoms with Gasteiger partial charge in [-0.3, -0.25) is 4.79 Å². The lowest BCUT2D eigenvalue weighted by molar-refractivity contribution is -0.118. The van der Waals surface area contributed by atoms with E-state index < -0.39 is 0 Å². The van der Waals surface area contributed by atoms with E-state index in [2.05, 4.69) is 87.3 Å². The monoisotopic (exact) mass is 511 g/mol. The van der Waals surface area contributed by atoms with Crippen LogP contribution in [0.2, 0.25) is 0 Å². The molecule has 0 aliphatic carbocycles. The molecule has 4 heteroatoms. The number of halogens is 1. The van der Waals surface area contributed by atoms with Gasteiger partial charge in [0, 0.05) is 0 Å². The van der Waals surface area contributed by atoms with Gasteiger partial charge in [-0.15, -0.1) is 12.8 Å². The molecule has 0 radical (unpaired) electrons. The fourth-order valence-corrected chi connectivity index (χ4v) is 3.05. The van der Waals surface area contributed by atoms with Crippen LogP contribution < -0.4 is 5.73 Å². The Hall–Kier alpha value is -2.77. The molecule has 0 saturated heterocycles. The highest BCUT2D eigenvalue weighted by Crippen LogP contribution is 2.27. The Labute approximate surface area is 209 Å². The van der Waals surface area contributed by atoms with Crippen LogP contribution in [0.1, 0.15) is 81.5 Å². The fourth-order valence-electron chi connectivity index (χ4n) is 3.05. The smallest absolute Gasteiger partial charge is 0.228 e. The first kappa shape index (κ1) is 30.2. The van der Waals surface area contributed by atoms with Gasteiger partial charge in [0.05, 0.1) is 11.7 Å². The molecule has 0 bridgehead atoms. The van der Waals surface area contributed by atoms with Gasteiger partial charge in [0.1, 0.15) is 6.61 Å². The molecule has 2 N–H and O–H groups in total. The van der Waals surface area contributed by atoms with Crippen molar-refractivity contribution in [3.05, 3.63) is 93.7 Å². The van der Waals surface area contributed by atoms with Crippen LogP contribution in [0.15, 0.2) is 71.4 Å². The van der Waals surface area contributed by atoms with E-state index >= 15 is 0 Å². The van der Waals surface area contributed by atoms with E-state index in [4.69, 9.17) is 10.5 Å². The molecule has 1 amide bonds. The van der Waals surface area contributed by atoms with Gasteiger partial charge in [-0.2, -0.15) is 0 Å². The summed E-state index contributed by atoms with van der Waals surface area (Å²) in [7, 11) is 0. The van der Waals surface area contributed by atoms with Gasteiger partial charge in [-0.1, -0.05) is 98.7 Å². The minimum absolute atomic E-state index is 0.340. The zero-order valence-corrected chi connectivity index (χ0v) is 22.4. The summed E-state index contributed by atoms with van der Waals surface area (Å²) in [5.41, 5.74) is 10.2. The minimum atomic E-state index is -0.372. The van der Waals surface area contributed by atoms with E-state index in [1.165, 1.54) is 11.1 Å². The zero-order valence-electron chi connectivity index (χ0n) is 20.8. The maximum absolute atomic E-state index is 11.3. The standard InChI is InChI=1S/C12H13NO2.C12H18.C3H5Br.C2H2/c1-8-6-11(12(13)14)10-5-3-2-4-9(10)7-15-8;1-9(2)11-6-5-7-12(8-11)10(3)4;1-3(2)4;1-2/h2-6,11H,7H2,1H3,(H2,13,14);5-10H,1-4H3;1H2,2H3;1-2H. The zero-order chi connectivity index (χ0) is 25.6. The van der Waals surface area contributed by atoms with Gasteiger partial charge < -0.3 is 10.5 Å². The average Bonchev–Trinajstić information content (AvgIpc) is 2.94. The molecule has 1 atom stereocenters. The molecule has 2 aromatic carbocycles. The lowest BCUT2D eigenvalue weighted by Gasteiger charge is -2.10. The highest BCUT2D eigenvalue weighted by molar-refractivity contribution is 9.11. The molecule has 178 valence electrons. The van der Waals surface area contributed by atoms with Crippen molar-refractivity contribution in [1.82, 2.24) is 0 Å². The summed E-state index contributed by atoms with van der Waals surface area (Å²) in [6.07, 6.45) is 9.77. The van der Waals surface area contributed by atoms with Gasteiger partial charge in [0.2, 0.25) is 5.91 Å². The molecule has 3 nitrogen and oxygen atoms in total. The lowest BCUT2D eigenvalue weighted by Crippen LogP contribution is -2.20. The van der Waals surface area contributed by atoms with Crippen molar-refractivity contribution < 1.29 is 9.53 Å². The Bertz CT molecular complexity index is 914. The Morgan fingerprint density at radius 2 is 1.55 bits per heavy atom. The Morgan fingerprint density at radius 3 is 2.00 bits per heavy atom. The van der Waals surface area contributed by atoms with Crippen LogP contribution in [-0.4, -0.2) is 5.91 Å². The highest BCUT2D eigenvalue weighted by Gasteiger charge is 2.21. The van der Waals surface area contributed by atoms with Gasteiger partial charge in [-0.05, 0) is 58.5 Å². The second kappa shape index (κ2) is 15.9. The molecule has 0 spiro atoms. The number of nitrogens with two attached hydrogens (primary N) is 1. The Kier molecular flexibility index (Phi) is 14.6. The molecular weight excluding hydrogens is 474 g/mol. The number of carbonyl (C=O) groups excluding carboxylic acids is 1. The highest BCUT2D eigenvalue weighted by atomic mass is 79.9. The molecule has 0 saturated carbocycles. The summed E-state index contributed by atoms with van der Waals surface area (Å²) in [4.78, 5) is 11.3. The molecule has 1 unspecified atom stereocenters. The number of ether oxygens (including phenoxy) is 1. The maximum atomic E-state index is 11.3. The molecule has 1 aliphatic rings. The number of fused-ring (bicyclic) bond motifs is 1. The van der Waals surface area contributed by atoms with E-state index in [-0.39, 0.29) is 11.8 Å². The van der Waals surface area contributed by atoms with E-state index in [1.54, 1.807) is 6.08 Å². The Morgan fingerprint density at radius 1 is 1.06 bits per heavy atom. The summed E-state index contributed by atoms with van der Waals surface area (Å²) in [5, 5.41) is 0. The van der Waals surface area contributed by atoms with Gasteiger partial charge in [0.15, 0.2) is 0 Å². The van der Waals surface area contributed by atoms with Crippen LogP contribution >= 0.6 is 15.9 Å². The van der Waals surface area contributed by atoms with Crippen molar-refractivity contribution >= 4 is 21.8 Å². The molecular formula is C29H38BrNO2. The number of hydrogen-bond acceptors (Lipinski definition) is 2. The van der Waals surface area contributed by atoms with Crippen molar-refractivity contribution in [1.29, 1.82) is 0 Å². The quantitative estimate of drug-likeness (QED) is 0.427. The van der Waals surface area contributed by atoms with Crippen LogP contribution in [0.4, 0.5) is 0 Å². The molecule has 1 heterocycles. The van der Waals surface area contributed by atoms with Crippen LogP contribution in [0, 0.1) is 12.8 Å². The SMILES string of the molecule is C#C.C=C(C)Br.CC(C)c1cccc(C(C)C)c1.CC1=CC(C(N)=O)c2ccccc2CO1. The third-order valence-electron chi connectivity index (χ3n) is 4.80. The number of amides is 1. The number of carbonyl (C=O) groups is 1. The van der Waals surface area contributed by atoms with Crippen LogP contribution in [-0.2, 0) is 16.1 Å². The van der Waals surface area contributed by atoms with E-state index in [1.807, 2.05) is 38.1 Å². The predicted molar refractivity (Wildman–Crippen MR) is 145 cm³/mol. The molecule has 1 aliphatic heterocycles. The molecule has 33 heavy (non-hydrogen) atoms. The van der Waals surface area contributed by atoms with E-state index in [0.717, 1.165) is 21.4 Å². The summed E-state index contributed by atoms with van der Waals surface area (Å²) in [6.45, 7) is 16.6. The van der Waals surface area contributed by atoms with Crippen molar-refractivity contribution in [2.45, 2.75) is 65.9 Å². The van der Waals surface area contributed by atoms with Crippen molar-refractivity contribution in [2.75, 3.05) is 0 Å². The van der Waals surface area contributed by atoms with Gasteiger partial charge in [-0.25, -0.2) is 0 Å². The van der Waals surface area contributed by atoms with E-state index in [0.29, 0.717) is 18.4 Å². The third kappa shape index (κ3) is 11.6. The number of benzene rings is 2. The second-order valence-electron chi connectivity index (χ2n) is 8.30. The first-order valence-corrected chi connectivity index (χ1v) is 11.7. The second-order valence-corrected chi connectivity index (χ2v) is 9.65. The minimum Gasteiger partial charge on any atom is -0.494 e. The summed E-state index contributed by atoms with van der Waals surface area (Å²) in [6, 6.07) is 16.6. The first-order valence-electron chi connectivity index (χ1n) is 10.9. The third-order valence-corrected chi connectivity index (χ3v) is 4.80. The van der Waals surface area contributed by atoms with E-state index in [9.17, 15) is 4.79 Å². The van der Waals surface area contributed by atoms with Crippen molar-refractivity contribution in [2.24, 2.45) is 5.73 Å². The summed E-state index contributed by atoms with van der Waals surface area (Å²) < 4.78 is 6.44. The number of allylic oxidation sites excluding steroid dienone is 2. The largest absolute Gasteiger partial charge is 0.494 e.